The van der Waals surface area contributed by atoms with E-state index in [4.69, 9.17) is 0 Å². The Bertz CT molecular complexity index is 664. The molecule has 0 radical (unpaired) electrons. The average Bonchev–Trinajstić information content (AvgIpc) is 2.69. The van der Waals surface area contributed by atoms with E-state index in [9.17, 15) is 4.79 Å². The molecule has 1 fully saturated rings. The summed E-state index contributed by atoms with van der Waals surface area (Å²) < 4.78 is 0. The van der Waals surface area contributed by atoms with Crippen molar-refractivity contribution >= 4 is 11.9 Å². The van der Waals surface area contributed by atoms with Gasteiger partial charge in [-0.2, -0.15) is 0 Å². The monoisotopic (exact) mass is 338 g/mol. The lowest BCUT2D eigenvalue weighted by Gasteiger charge is -2.31. The van der Waals surface area contributed by atoms with Gasteiger partial charge in [0.2, 0.25) is 11.9 Å². The van der Waals surface area contributed by atoms with Crippen LogP contribution in [-0.4, -0.2) is 35.5 Å². The highest BCUT2D eigenvalue weighted by molar-refractivity contribution is 5.78. The number of hydrogen-bond acceptors (Lipinski definition) is 4. The summed E-state index contributed by atoms with van der Waals surface area (Å²) in [6.45, 7) is 4.58. The van der Waals surface area contributed by atoms with Crippen molar-refractivity contribution in [1.82, 2.24) is 15.3 Å². The second-order valence-corrected chi connectivity index (χ2v) is 6.54. The number of rotatable bonds is 6. The van der Waals surface area contributed by atoms with Crippen LogP contribution in [0.1, 0.15) is 32.6 Å². The molecule has 1 aliphatic rings. The van der Waals surface area contributed by atoms with Crippen molar-refractivity contribution in [2.75, 3.05) is 24.5 Å². The fourth-order valence-corrected chi connectivity index (χ4v) is 3.14. The lowest BCUT2D eigenvalue weighted by atomic mass is 9.96. The maximum atomic E-state index is 12.2. The third-order valence-corrected chi connectivity index (χ3v) is 4.72. The Morgan fingerprint density at radius 2 is 1.80 bits per heavy atom. The lowest BCUT2D eigenvalue weighted by molar-refractivity contribution is -0.125. The number of unbranched alkanes of at least 4 members (excludes halogenated alkanes) is 1. The molecular weight excluding hydrogens is 312 g/mol. The number of aromatic nitrogens is 2. The lowest BCUT2D eigenvalue weighted by Crippen LogP contribution is -2.41. The van der Waals surface area contributed by atoms with Crippen molar-refractivity contribution in [3.63, 3.8) is 0 Å². The Kier molecular flexibility index (Phi) is 5.99. The maximum Gasteiger partial charge on any atom is 0.225 e. The van der Waals surface area contributed by atoms with Gasteiger partial charge in [-0.15, -0.1) is 0 Å². The van der Waals surface area contributed by atoms with Crippen LogP contribution in [0.15, 0.2) is 42.7 Å². The van der Waals surface area contributed by atoms with Gasteiger partial charge >= 0.3 is 0 Å². The summed E-state index contributed by atoms with van der Waals surface area (Å²) in [5, 5.41) is 3.04. The Morgan fingerprint density at radius 1 is 1.12 bits per heavy atom. The summed E-state index contributed by atoms with van der Waals surface area (Å²) in [6.07, 6.45) is 7.63. The maximum absolute atomic E-state index is 12.2. The van der Waals surface area contributed by atoms with Gasteiger partial charge in [-0.25, -0.2) is 9.97 Å². The van der Waals surface area contributed by atoms with Gasteiger partial charge < -0.3 is 10.2 Å². The second kappa shape index (κ2) is 8.60. The van der Waals surface area contributed by atoms with E-state index in [1.54, 1.807) is 0 Å². The molecule has 0 spiro atoms. The second-order valence-electron chi connectivity index (χ2n) is 6.54. The minimum absolute atomic E-state index is 0.122. The normalized spacial score (nSPS) is 15.2. The molecule has 25 heavy (non-hydrogen) atoms. The molecule has 0 atom stereocenters. The molecule has 5 heteroatoms. The average molecular weight is 338 g/mol. The number of anilines is 1. The predicted octanol–water partition coefficient (Wildman–Crippen LogP) is 3.28. The van der Waals surface area contributed by atoms with Gasteiger partial charge in [0.05, 0.1) is 0 Å². The van der Waals surface area contributed by atoms with Gasteiger partial charge in [-0.05, 0) is 24.8 Å². The standard InChI is InChI=1S/C20H26N4O/c1-2-3-11-21-19(25)17-9-12-24(13-10-17)20-22-14-18(15-23-20)16-7-5-4-6-8-16/h4-8,14-15,17H,2-3,9-13H2,1H3,(H,21,25). The summed E-state index contributed by atoms with van der Waals surface area (Å²) in [7, 11) is 0. The van der Waals surface area contributed by atoms with Crippen LogP contribution in [0.25, 0.3) is 11.1 Å². The van der Waals surface area contributed by atoms with Gasteiger partial charge in [0.1, 0.15) is 0 Å². The predicted molar refractivity (Wildman–Crippen MR) is 100 cm³/mol. The number of benzene rings is 1. The zero-order valence-electron chi connectivity index (χ0n) is 14.8. The Hall–Kier alpha value is -2.43. The van der Waals surface area contributed by atoms with E-state index in [2.05, 4.69) is 39.2 Å². The molecule has 2 heterocycles. The summed E-state index contributed by atoms with van der Waals surface area (Å²) in [5.74, 6) is 1.08. The van der Waals surface area contributed by atoms with E-state index in [0.717, 1.165) is 62.4 Å². The highest BCUT2D eigenvalue weighted by atomic mass is 16.1. The quantitative estimate of drug-likeness (QED) is 0.821. The SMILES string of the molecule is CCCCNC(=O)C1CCN(c2ncc(-c3ccccc3)cn2)CC1. The fraction of sp³-hybridized carbons (Fsp3) is 0.450. The molecule has 5 nitrogen and oxygen atoms in total. The topological polar surface area (TPSA) is 58.1 Å². The first kappa shape index (κ1) is 17.4. The van der Waals surface area contributed by atoms with E-state index in [-0.39, 0.29) is 11.8 Å². The van der Waals surface area contributed by atoms with Crippen molar-refractivity contribution in [3.8, 4) is 11.1 Å². The van der Waals surface area contributed by atoms with E-state index < -0.39 is 0 Å². The van der Waals surface area contributed by atoms with E-state index >= 15 is 0 Å². The van der Waals surface area contributed by atoms with Gasteiger partial charge in [-0.1, -0.05) is 43.7 Å². The Morgan fingerprint density at radius 3 is 2.44 bits per heavy atom. The zero-order chi connectivity index (χ0) is 17.5. The van der Waals surface area contributed by atoms with E-state index in [1.807, 2.05) is 30.6 Å². The molecule has 1 aromatic heterocycles. The highest BCUT2D eigenvalue weighted by Crippen LogP contribution is 2.22. The molecule has 2 aromatic rings. The van der Waals surface area contributed by atoms with Crippen molar-refractivity contribution in [2.24, 2.45) is 5.92 Å². The zero-order valence-corrected chi connectivity index (χ0v) is 14.8. The van der Waals surface area contributed by atoms with E-state index in [0.29, 0.717) is 0 Å². The minimum atomic E-state index is 0.122. The molecule has 132 valence electrons. The van der Waals surface area contributed by atoms with Gasteiger partial charge in [0.25, 0.3) is 0 Å². The van der Waals surface area contributed by atoms with Gasteiger partial charge in [0.15, 0.2) is 0 Å². The number of carbonyl (C=O) groups excluding carboxylic acids is 1. The summed E-state index contributed by atoms with van der Waals surface area (Å²) in [6, 6.07) is 10.1. The number of nitrogens with zero attached hydrogens (tertiary/aromatic N) is 3. The molecule has 1 aliphatic heterocycles. The third-order valence-electron chi connectivity index (χ3n) is 4.72. The third kappa shape index (κ3) is 4.56. The van der Waals surface area contributed by atoms with E-state index in [1.165, 1.54) is 0 Å². The minimum Gasteiger partial charge on any atom is -0.356 e. The molecule has 1 saturated heterocycles. The van der Waals surface area contributed by atoms with Crippen molar-refractivity contribution < 1.29 is 4.79 Å². The fourth-order valence-electron chi connectivity index (χ4n) is 3.14. The summed E-state index contributed by atoms with van der Waals surface area (Å²) >= 11 is 0. The molecule has 0 bridgehead atoms. The molecule has 1 N–H and O–H groups in total. The largest absolute Gasteiger partial charge is 0.356 e. The number of piperidine rings is 1. The number of hydrogen-bond donors (Lipinski definition) is 1. The van der Waals surface area contributed by atoms with Crippen LogP contribution in [0.2, 0.25) is 0 Å². The molecule has 0 saturated carbocycles. The van der Waals surface area contributed by atoms with Crippen LogP contribution in [0.5, 0.6) is 0 Å². The molecular formula is C20H26N4O. The van der Waals surface area contributed by atoms with Crippen LogP contribution in [0, 0.1) is 5.92 Å². The van der Waals surface area contributed by atoms with Crippen molar-refractivity contribution in [2.45, 2.75) is 32.6 Å². The number of carbonyl (C=O) groups is 1. The smallest absolute Gasteiger partial charge is 0.225 e. The van der Waals surface area contributed by atoms with Crippen molar-refractivity contribution in [1.29, 1.82) is 0 Å². The summed E-state index contributed by atoms with van der Waals surface area (Å²) in [5.41, 5.74) is 2.14. The first-order valence-electron chi connectivity index (χ1n) is 9.18. The van der Waals surface area contributed by atoms with Crippen LogP contribution in [0.3, 0.4) is 0 Å². The molecule has 0 aliphatic carbocycles. The Balaban J connectivity index is 1.54. The van der Waals surface area contributed by atoms with Crippen LogP contribution < -0.4 is 10.2 Å². The highest BCUT2D eigenvalue weighted by Gasteiger charge is 2.25. The first-order chi connectivity index (χ1) is 12.3. The Labute approximate surface area is 149 Å². The number of amides is 1. The summed E-state index contributed by atoms with van der Waals surface area (Å²) in [4.78, 5) is 23.4. The molecule has 1 aromatic carbocycles. The van der Waals surface area contributed by atoms with Crippen molar-refractivity contribution in [3.05, 3.63) is 42.7 Å². The van der Waals surface area contributed by atoms with Gasteiger partial charge in [0, 0.05) is 43.5 Å². The molecule has 3 rings (SSSR count). The van der Waals surface area contributed by atoms with Crippen LogP contribution >= 0.6 is 0 Å². The molecule has 1 amide bonds. The van der Waals surface area contributed by atoms with Crippen LogP contribution in [0.4, 0.5) is 5.95 Å². The van der Waals surface area contributed by atoms with Gasteiger partial charge in [-0.3, -0.25) is 4.79 Å². The number of nitrogens with one attached hydrogen (secondary N) is 1. The van der Waals surface area contributed by atoms with Crippen LogP contribution in [-0.2, 0) is 4.79 Å². The first-order valence-corrected chi connectivity index (χ1v) is 9.18. The molecule has 0 unspecified atom stereocenters.